The van der Waals surface area contributed by atoms with Gasteiger partial charge in [-0.25, -0.2) is 9.18 Å². The molecule has 0 radical (unpaired) electrons. The van der Waals surface area contributed by atoms with E-state index < -0.39 is 11.8 Å². The van der Waals surface area contributed by atoms with Gasteiger partial charge < -0.3 is 10.6 Å². The number of urea groups is 1. The van der Waals surface area contributed by atoms with E-state index >= 15 is 0 Å². The highest BCUT2D eigenvalue weighted by molar-refractivity contribution is 6.02. The Morgan fingerprint density at radius 1 is 1.32 bits per heavy atom. The van der Waals surface area contributed by atoms with Gasteiger partial charge in [-0.2, -0.15) is 0 Å². The molecule has 6 nitrogen and oxygen atoms in total. The molecule has 1 aromatic rings. The van der Waals surface area contributed by atoms with Gasteiger partial charge in [-0.15, -0.1) is 0 Å². The third kappa shape index (κ3) is 3.06. The number of nitrogens with zero attached hydrogens (tertiary/aromatic N) is 1. The second-order valence-corrected chi connectivity index (χ2v) is 3.97. The van der Waals surface area contributed by atoms with Crippen LogP contribution in [-0.4, -0.2) is 42.4 Å². The molecular weight excluding hydrogens is 253 g/mol. The van der Waals surface area contributed by atoms with E-state index in [4.69, 9.17) is 0 Å². The first-order valence-electron chi connectivity index (χ1n) is 5.70. The van der Waals surface area contributed by atoms with Crippen LogP contribution in [0.5, 0.6) is 0 Å². The largest absolute Gasteiger partial charge is 0.350 e. The van der Waals surface area contributed by atoms with Crippen molar-refractivity contribution < 1.29 is 18.8 Å². The second-order valence-electron chi connectivity index (χ2n) is 3.97. The van der Waals surface area contributed by atoms with Crippen molar-refractivity contribution in [2.45, 2.75) is 0 Å². The van der Waals surface area contributed by atoms with Crippen LogP contribution in [0.15, 0.2) is 24.3 Å². The maximum absolute atomic E-state index is 12.7. The molecule has 0 aromatic heterocycles. The van der Waals surface area contributed by atoms with Gasteiger partial charge in [0.1, 0.15) is 5.82 Å². The molecule has 2 N–H and O–H groups in total. The normalized spacial score (nSPS) is 14.5. The zero-order valence-corrected chi connectivity index (χ0v) is 9.98. The third-order valence-corrected chi connectivity index (χ3v) is 2.66. The first kappa shape index (κ1) is 13.0. The molecule has 0 aliphatic carbocycles. The summed E-state index contributed by atoms with van der Waals surface area (Å²) >= 11 is 0. The Labute approximate surface area is 108 Å². The van der Waals surface area contributed by atoms with Gasteiger partial charge in [0, 0.05) is 18.7 Å². The van der Waals surface area contributed by atoms with Crippen molar-refractivity contribution in [3.05, 3.63) is 35.6 Å². The molecule has 1 saturated heterocycles. The summed E-state index contributed by atoms with van der Waals surface area (Å²) < 4.78 is 12.7. The van der Waals surface area contributed by atoms with Gasteiger partial charge in [0.15, 0.2) is 0 Å². The molecule has 0 saturated carbocycles. The summed E-state index contributed by atoms with van der Waals surface area (Å²) in [6, 6.07) is 4.64. The summed E-state index contributed by atoms with van der Waals surface area (Å²) in [5.74, 6) is -1.12. The summed E-state index contributed by atoms with van der Waals surface area (Å²) in [4.78, 5) is 35.2. The van der Waals surface area contributed by atoms with Crippen molar-refractivity contribution in [3.8, 4) is 0 Å². The van der Waals surface area contributed by atoms with Gasteiger partial charge in [0.25, 0.3) is 5.91 Å². The average molecular weight is 265 g/mol. The molecule has 19 heavy (non-hydrogen) atoms. The van der Waals surface area contributed by atoms with Crippen LogP contribution < -0.4 is 10.6 Å². The predicted molar refractivity (Wildman–Crippen MR) is 63.8 cm³/mol. The van der Waals surface area contributed by atoms with Crippen molar-refractivity contribution in [1.29, 1.82) is 0 Å². The van der Waals surface area contributed by atoms with Gasteiger partial charge >= 0.3 is 6.03 Å². The number of rotatable bonds is 4. The van der Waals surface area contributed by atoms with Crippen molar-refractivity contribution >= 4 is 17.8 Å². The summed E-state index contributed by atoms with van der Waals surface area (Å²) in [6.45, 7) is 0.248. The van der Waals surface area contributed by atoms with Crippen LogP contribution >= 0.6 is 0 Å². The number of imide groups is 1. The van der Waals surface area contributed by atoms with E-state index in [1.165, 1.54) is 24.3 Å². The summed E-state index contributed by atoms with van der Waals surface area (Å²) in [5.41, 5.74) is 0.318. The number of benzene rings is 1. The molecule has 1 fully saturated rings. The number of nitrogens with one attached hydrogen (secondary N) is 2. The van der Waals surface area contributed by atoms with Gasteiger partial charge in [0.05, 0.1) is 6.54 Å². The lowest BCUT2D eigenvalue weighted by molar-refractivity contribution is -0.124. The van der Waals surface area contributed by atoms with Crippen LogP contribution in [0.2, 0.25) is 0 Å². The van der Waals surface area contributed by atoms with Gasteiger partial charge in [-0.05, 0) is 24.3 Å². The highest BCUT2D eigenvalue weighted by Crippen LogP contribution is 2.02. The maximum Gasteiger partial charge on any atom is 0.324 e. The lowest BCUT2D eigenvalue weighted by atomic mass is 10.2. The van der Waals surface area contributed by atoms with E-state index in [0.29, 0.717) is 5.56 Å². The molecule has 0 atom stereocenters. The Morgan fingerprint density at radius 3 is 2.58 bits per heavy atom. The topological polar surface area (TPSA) is 78.5 Å². The minimum absolute atomic E-state index is 0.00918. The monoisotopic (exact) mass is 265 g/mol. The smallest absolute Gasteiger partial charge is 0.324 e. The van der Waals surface area contributed by atoms with Crippen molar-refractivity contribution in [3.63, 3.8) is 0 Å². The molecule has 1 aromatic carbocycles. The van der Waals surface area contributed by atoms with Crippen LogP contribution in [0, 0.1) is 5.82 Å². The number of halogens is 1. The molecule has 1 aliphatic heterocycles. The zero-order chi connectivity index (χ0) is 13.8. The van der Waals surface area contributed by atoms with Crippen molar-refractivity contribution in [1.82, 2.24) is 15.5 Å². The molecular formula is C12H12FN3O3. The van der Waals surface area contributed by atoms with Crippen LogP contribution in [0.4, 0.5) is 9.18 Å². The lowest BCUT2D eigenvalue weighted by Crippen LogP contribution is -2.38. The standard InChI is InChI=1S/C12H12FN3O3/c13-9-3-1-8(2-4-9)11(18)14-5-6-16-10(17)7-15-12(16)19/h1-4H,5-7H2,(H,14,18)(H,15,19). The number of carbonyl (C=O) groups is 3. The van der Waals surface area contributed by atoms with E-state index in [1.54, 1.807) is 0 Å². The highest BCUT2D eigenvalue weighted by atomic mass is 19.1. The minimum atomic E-state index is -0.457. The Kier molecular flexibility index (Phi) is 3.74. The quantitative estimate of drug-likeness (QED) is 0.758. The Hall–Kier alpha value is -2.44. The van der Waals surface area contributed by atoms with Crippen LogP contribution in [0.3, 0.4) is 0 Å². The molecule has 0 bridgehead atoms. The van der Waals surface area contributed by atoms with E-state index in [1.807, 2.05) is 0 Å². The van der Waals surface area contributed by atoms with Gasteiger partial charge in [0.2, 0.25) is 5.91 Å². The highest BCUT2D eigenvalue weighted by Gasteiger charge is 2.27. The number of hydrogen-bond donors (Lipinski definition) is 2. The summed E-state index contributed by atoms with van der Waals surface area (Å²) in [5, 5.41) is 4.93. The fraction of sp³-hybridized carbons (Fsp3) is 0.250. The Morgan fingerprint density at radius 2 is 2.00 bits per heavy atom. The first-order chi connectivity index (χ1) is 9.08. The SMILES string of the molecule is O=C(NCCN1C(=O)CNC1=O)c1ccc(F)cc1. The van der Waals surface area contributed by atoms with Crippen molar-refractivity contribution in [2.75, 3.05) is 19.6 Å². The number of amides is 4. The molecule has 0 spiro atoms. The maximum atomic E-state index is 12.7. The number of hydrogen-bond acceptors (Lipinski definition) is 3. The predicted octanol–water partition coefficient (Wildman–Crippen LogP) is 0.107. The van der Waals surface area contributed by atoms with E-state index in [2.05, 4.69) is 10.6 Å². The Balaban J connectivity index is 1.82. The minimum Gasteiger partial charge on any atom is -0.350 e. The summed E-state index contributed by atoms with van der Waals surface area (Å²) in [7, 11) is 0. The molecule has 4 amide bonds. The van der Waals surface area contributed by atoms with Crippen LogP contribution in [-0.2, 0) is 4.79 Å². The molecule has 7 heteroatoms. The van der Waals surface area contributed by atoms with E-state index in [-0.39, 0.29) is 31.4 Å². The lowest BCUT2D eigenvalue weighted by Gasteiger charge is -2.12. The zero-order valence-electron chi connectivity index (χ0n) is 9.98. The van der Waals surface area contributed by atoms with Crippen LogP contribution in [0.1, 0.15) is 10.4 Å². The van der Waals surface area contributed by atoms with E-state index in [0.717, 1.165) is 4.90 Å². The molecule has 100 valence electrons. The molecule has 1 aliphatic rings. The molecule has 2 rings (SSSR count). The van der Waals surface area contributed by atoms with Gasteiger partial charge in [-0.1, -0.05) is 0 Å². The van der Waals surface area contributed by atoms with Gasteiger partial charge in [-0.3, -0.25) is 14.5 Å². The fourth-order valence-electron chi connectivity index (χ4n) is 1.67. The second kappa shape index (κ2) is 5.47. The van der Waals surface area contributed by atoms with Crippen LogP contribution in [0.25, 0.3) is 0 Å². The summed E-state index contributed by atoms with van der Waals surface area (Å²) in [6.07, 6.45) is 0. The van der Waals surface area contributed by atoms with Crippen molar-refractivity contribution in [2.24, 2.45) is 0 Å². The average Bonchev–Trinajstić information content (AvgIpc) is 2.71. The third-order valence-electron chi connectivity index (χ3n) is 2.66. The molecule has 1 heterocycles. The first-order valence-corrected chi connectivity index (χ1v) is 5.70. The Bertz CT molecular complexity index is 499. The molecule has 0 unspecified atom stereocenters. The van der Waals surface area contributed by atoms with E-state index in [9.17, 15) is 18.8 Å². The fourth-order valence-corrected chi connectivity index (χ4v) is 1.67. The number of carbonyl (C=O) groups excluding carboxylic acids is 3.